The van der Waals surface area contributed by atoms with Crippen LogP contribution >= 0.6 is 11.3 Å². The van der Waals surface area contributed by atoms with Crippen molar-refractivity contribution in [3.8, 4) is 0 Å². The molecule has 0 unspecified atom stereocenters. The predicted octanol–water partition coefficient (Wildman–Crippen LogP) is 5.56. The Morgan fingerprint density at radius 3 is 2.61 bits per heavy atom. The Bertz CT molecular complexity index is 1120. The number of carbonyl (C=O) groups is 1. The van der Waals surface area contributed by atoms with Crippen molar-refractivity contribution in [2.75, 3.05) is 4.90 Å². The van der Waals surface area contributed by atoms with Gasteiger partial charge < -0.3 is 4.52 Å². The maximum atomic E-state index is 13.2. The lowest BCUT2D eigenvalue weighted by Crippen LogP contribution is -2.30. The molecule has 0 spiro atoms. The van der Waals surface area contributed by atoms with Crippen LogP contribution in [-0.2, 0) is 6.54 Å². The molecule has 5 nitrogen and oxygen atoms in total. The molecule has 6 heteroatoms. The maximum Gasteiger partial charge on any atom is 0.298 e. The normalized spacial score (nSPS) is 11.3. The number of benzene rings is 2. The Morgan fingerprint density at radius 1 is 1.14 bits per heavy atom. The lowest BCUT2D eigenvalue weighted by atomic mass is 10.0. The topological polar surface area (TPSA) is 59.2 Å². The van der Waals surface area contributed by atoms with Gasteiger partial charge in [-0.3, -0.25) is 9.69 Å². The molecule has 0 aliphatic heterocycles. The van der Waals surface area contributed by atoms with Crippen LogP contribution in [0.4, 0.5) is 5.13 Å². The van der Waals surface area contributed by atoms with Gasteiger partial charge in [0, 0.05) is 6.07 Å². The SMILES string of the molecule is Cc1cc(C(=O)N(Cc2ccccc2)c2nc3c(C(C)C)cccc3s2)on1. The molecule has 0 bridgehead atoms. The smallest absolute Gasteiger partial charge is 0.298 e. The van der Waals surface area contributed by atoms with Crippen molar-refractivity contribution in [2.24, 2.45) is 0 Å². The second kappa shape index (κ2) is 7.56. The van der Waals surface area contributed by atoms with E-state index in [4.69, 9.17) is 9.51 Å². The van der Waals surface area contributed by atoms with Crippen LogP contribution in [0, 0.1) is 6.92 Å². The fourth-order valence-corrected chi connectivity index (χ4v) is 4.13. The van der Waals surface area contributed by atoms with Gasteiger partial charge in [0.15, 0.2) is 5.13 Å². The summed E-state index contributed by atoms with van der Waals surface area (Å²) in [5, 5.41) is 4.52. The first-order chi connectivity index (χ1) is 13.5. The van der Waals surface area contributed by atoms with Gasteiger partial charge in [-0.15, -0.1) is 0 Å². The summed E-state index contributed by atoms with van der Waals surface area (Å²) in [5.41, 5.74) is 3.84. The number of carbonyl (C=O) groups excluding carboxylic acids is 1. The number of thiazole rings is 1. The lowest BCUT2D eigenvalue weighted by Gasteiger charge is -2.18. The number of rotatable bonds is 5. The number of amides is 1. The van der Waals surface area contributed by atoms with Crippen LogP contribution in [0.1, 0.15) is 47.1 Å². The Labute approximate surface area is 167 Å². The Hall–Kier alpha value is -2.99. The van der Waals surface area contributed by atoms with Gasteiger partial charge in [-0.25, -0.2) is 4.98 Å². The van der Waals surface area contributed by atoms with Crippen molar-refractivity contribution >= 4 is 32.6 Å². The number of para-hydroxylation sites is 1. The van der Waals surface area contributed by atoms with Crippen molar-refractivity contribution in [3.63, 3.8) is 0 Å². The average Bonchev–Trinajstić information content (AvgIpc) is 3.32. The van der Waals surface area contributed by atoms with E-state index in [0.717, 1.165) is 15.8 Å². The van der Waals surface area contributed by atoms with Crippen molar-refractivity contribution in [3.05, 3.63) is 77.2 Å². The van der Waals surface area contributed by atoms with E-state index in [1.165, 1.54) is 16.9 Å². The highest BCUT2D eigenvalue weighted by molar-refractivity contribution is 7.22. The van der Waals surface area contributed by atoms with Gasteiger partial charge in [-0.05, 0) is 30.0 Å². The molecule has 2 heterocycles. The van der Waals surface area contributed by atoms with Crippen LogP contribution < -0.4 is 4.90 Å². The van der Waals surface area contributed by atoms with E-state index in [0.29, 0.717) is 23.3 Å². The molecule has 0 saturated heterocycles. The molecule has 0 aliphatic rings. The van der Waals surface area contributed by atoms with Gasteiger partial charge >= 0.3 is 0 Å². The summed E-state index contributed by atoms with van der Waals surface area (Å²) in [5.74, 6) is 0.334. The van der Waals surface area contributed by atoms with E-state index >= 15 is 0 Å². The number of fused-ring (bicyclic) bond motifs is 1. The number of aromatic nitrogens is 2. The van der Waals surface area contributed by atoms with E-state index in [9.17, 15) is 4.79 Å². The molecule has 1 amide bonds. The van der Waals surface area contributed by atoms with Crippen LogP contribution in [0.2, 0.25) is 0 Å². The van der Waals surface area contributed by atoms with Crippen LogP contribution in [-0.4, -0.2) is 16.0 Å². The Kier molecular flexibility index (Phi) is 4.96. The zero-order valence-corrected chi connectivity index (χ0v) is 16.9. The van der Waals surface area contributed by atoms with E-state index in [1.807, 2.05) is 42.5 Å². The summed E-state index contributed by atoms with van der Waals surface area (Å²) in [4.78, 5) is 19.7. The second-order valence-electron chi connectivity index (χ2n) is 7.05. The summed E-state index contributed by atoms with van der Waals surface area (Å²) < 4.78 is 6.31. The monoisotopic (exact) mass is 391 g/mol. The van der Waals surface area contributed by atoms with Gasteiger partial charge in [0.25, 0.3) is 5.91 Å². The van der Waals surface area contributed by atoms with Gasteiger partial charge in [-0.2, -0.15) is 0 Å². The average molecular weight is 391 g/mol. The van der Waals surface area contributed by atoms with Gasteiger partial charge in [0.1, 0.15) is 0 Å². The molecule has 142 valence electrons. The maximum absolute atomic E-state index is 13.2. The van der Waals surface area contributed by atoms with Gasteiger partial charge in [0.05, 0.1) is 22.5 Å². The highest BCUT2D eigenvalue weighted by Crippen LogP contribution is 2.34. The van der Waals surface area contributed by atoms with E-state index < -0.39 is 0 Å². The van der Waals surface area contributed by atoms with Crippen LogP contribution in [0.15, 0.2) is 59.1 Å². The fourth-order valence-electron chi connectivity index (χ4n) is 3.13. The fraction of sp³-hybridized carbons (Fsp3) is 0.227. The molecular weight excluding hydrogens is 370 g/mol. The number of hydrogen-bond donors (Lipinski definition) is 0. The standard InChI is InChI=1S/C22H21N3O2S/c1-14(2)17-10-7-11-19-20(17)23-22(28-19)25(13-16-8-5-4-6-9-16)21(26)18-12-15(3)24-27-18/h4-12,14H,13H2,1-3H3. The van der Waals surface area contributed by atoms with E-state index in [2.05, 4.69) is 25.1 Å². The molecule has 0 saturated carbocycles. The van der Waals surface area contributed by atoms with Crippen molar-refractivity contribution in [1.82, 2.24) is 10.1 Å². The Morgan fingerprint density at radius 2 is 1.93 bits per heavy atom. The van der Waals surface area contributed by atoms with Crippen molar-refractivity contribution < 1.29 is 9.32 Å². The Balaban J connectivity index is 1.79. The van der Waals surface area contributed by atoms with Gasteiger partial charge in [0.2, 0.25) is 5.76 Å². The van der Waals surface area contributed by atoms with E-state index in [1.54, 1.807) is 17.9 Å². The molecule has 4 aromatic rings. The first-order valence-electron chi connectivity index (χ1n) is 9.21. The molecule has 0 fully saturated rings. The van der Waals surface area contributed by atoms with Crippen LogP contribution in [0.3, 0.4) is 0 Å². The van der Waals surface area contributed by atoms with Crippen LogP contribution in [0.25, 0.3) is 10.2 Å². The first-order valence-corrected chi connectivity index (χ1v) is 10.0. The summed E-state index contributed by atoms with van der Waals surface area (Å²) in [6.45, 7) is 6.51. The number of nitrogens with zero attached hydrogens (tertiary/aromatic N) is 3. The first kappa shape index (κ1) is 18.4. The molecule has 0 N–H and O–H groups in total. The van der Waals surface area contributed by atoms with E-state index in [-0.39, 0.29) is 11.7 Å². The minimum atomic E-state index is -0.241. The molecule has 28 heavy (non-hydrogen) atoms. The molecule has 2 aromatic heterocycles. The minimum absolute atomic E-state index is 0.219. The third-order valence-electron chi connectivity index (χ3n) is 4.56. The van der Waals surface area contributed by atoms with Crippen molar-refractivity contribution in [1.29, 1.82) is 0 Å². The second-order valence-corrected chi connectivity index (χ2v) is 8.06. The number of aryl methyl sites for hydroxylation is 1. The highest BCUT2D eigenvalue weighted by Gasteiger charge is 2.25. The third kappa shape index (κ3) is 3.55. The summed E-state index contributed by atoms with van der Waals surface area (Å²) in [6, 6.07) is 17.7. The molecule has 2 aromatic carbocycles. The quantitative estimate of drug-likeness (QED) is 0.447. The highest BCUT2D eigenvalue weighted by atomic mass is 32.1. The number of hydrogen-bond acceptors (Lipinski definition) is 5. The predicted molar refractivity (Wildman–Crippen MR) is 112 cm³/mol. The van der Waals surface area contributed by atoms with Gasteiger partial charge in [-0.1, -0.05) is 72.8 Å². The lowest BCUT2D eigenvalue weighted by molar-refractivity contribution is 0.0949. The summed E-state index contributed by atoms with van der Waals surface area (Å²) in [7, 11) is 0. The zero-order chi connectivity index (χ0) is 19.7. The largest absolute Gasteiger partial charge is 0.351 e. The molecule has 0 radical (unpaired) electrons. The molecule has 0 atom stereocenters. The third-order valence-corrected chi connectivity index (χ3v) is 5.60. The molecule has 0 aliphatic carbocycles. The molecular formula is C22H21N3O2S. The van der Waals surface area contributed by atoms with Crippen LogP contribution in [0.5, 0.6) is 0 Å². The number of anilines is 1. The summed E-state index contributed by atoms with van der Waals surface area (Å²) >= 11 is 1.52. The van der Waals surface area contributed by atoms with Crippen molar-refractivity contribution in [2.45, 2.75) is 33.2 Å². The minimum Gasteiger partial charge on any atom is -0.351 e. The summed E-state index contributed by atoms with van der Waals surface area (Å²) in [6.07, 6.45) is 0. The molecule has 4 rings (SSSR count). The zero-order valence-electron chi connectivity index (χ0n) is 16.0.